The zero-order chi connectivity index (χ0) is 37.7. The second-order valence-corrected chi connectivity index (χ2v) is 14.9. The van der Waals surface area contributed by atoms with Gasteiger partial charge in [-0.15, -0.1) is 11.3 Å². The molecule has 1 unspecified atom stereocenters. The fraction of sp³-hybridized carbons (Fsp3) is 0.0392. The number of benzene rings is 8. The molecule has 4 nitrogen and oxygen atoms in total. The van der Waals surface area contributed by atoms with E-state index < -0.39 is 0 Å². The van der Waals surface area contributed by atoms with Crippen molar-refractivity contribution in [3.8, 4) is 33.4 Å². The second kappa shape index (κ2) is 15.9. The van der Waals surface area contributed by atoms with Crippen LogP contribution in [0.5, 0.6) is 0 Å². The molecule has 0 fully saturated rings. The maximum Gasteiger partial charge on any atom is 0.128 e. The number of rotatable bonds is 11. The maximum absolute atomic E-state index is 6.61. The lowest BCUT2D eigenvalue weighted by Crippen LogP contribution is -2.24. The van der Waals surface area contributed by atoms with Crippen LogP contribution in [0.4, 0.5) is 11.4 Å². The van der Waals surface area contributed by atoms with Gasteiger partial charge in [0.1, 0.15) is 12.0 Å². The SMILES string of the molecule is NC(=NC(NCc1cccc(-c2ccccc2)c1)c1ccc(Nc2ccc(-c3cccc4c3sc3ccccc34)cc2-c2ccccc2)cc1)c1ccccc1. The van der Waals surface area contributed by atoms with Crippen LogP contribution in [0, 0.1) is 0 Å². The molecule has 1 atom stereocenters. The van der Waals surface area contributed by atoms with Crippen molar-refractivity contribution in [3.05, 3.63) is 217 Å². The van der Waals surface area contributed by atoms with Gasteiger partial charge < -0.3 is 11.1 Å². The van der Waals surface area contributed by atoms with Crippen molar-refractivity contribution in [1.29, 1.82) is 0 Å². The predicted octanol–water partition coefficient (Wildman–Crippen LogP) is 13.0. The number of anilines is 2. The van der Waals surface area contributed by atoms with Gasteiger partial charge >= 0.3 is 0 Å². The predicted molar refractivity (Wildman–Crippen MR) is 239 cm³/mol. The van der Waals surface area contributed by atoms with Crippen LogP contribution in [0.15, 0.2) is 205 Å². The van der Waals surface area contributed by atoms with Gasteiger partial charge in [-0.05, 0) is 75.3 Å². The summed E-state index contributed by atoms with van der Waals surface area (Å²) >= 11 is 1.86. The summed E-state index contributed by atoms with van der Waals surface area (Å²) in [7, 11) is 0. The molecule has 0 saturated carbocycles. The molecule has 56 heavy (non-hydrogen) atoms. The summed E-state index contributed by atoms with van der Waals surface area (Å²) in [6.07, 6.45) is -0.361. The van der Waals surface area contributed by atoms with Gasteiger partial charge in [0, 0.05) is 49.2 Å². The summed E-state index contributed by atoms with van der Waals surface area (Å²) in [5.74, 6) is 0.488. The van der Waals surface area contributed by atoms with E-state index in [9.17, 15) is 0 Å². The van der Waals surface area contributed by atoms with Gasteiger partial charge in [0.25, 0.3) is 0 Å². The highest BCUT2D eigenvalue weighted by Gasteiger charge is 2.15. The molecule has 0 aliphatic heterocycles. The van der Waals surface area contributed by atoms with E-state index >= 15 is 0 Å². The zero-order valence-corrected chi connectivity index (χ0v) is 31.6. The monoisotopic (exact) mass is 740 g/mol. The maximum atomic E-state index is 6.61. The smallest absolute Gasteiger partial charge is 0.128 e. The Labute approximate surface area is 331 Å². The normalized spacial score (nSPS) is 12.2. The molecule has 0 bridgehead atoms. The molecule has 0 aliphatic carbocycles. The number of aliphatic imine (C=N–C) groups is 1. The molecule has 0 spiro atoms. The van der Waals surface area contributed by atoms with Crippen molar-refractivity contribution in [2.75, 3.05) is 5.32 Å². The minimum absolute atomic E-state index is 0.361. The lowest BCUT2D eigenvalue weighted by Gasteiger charge is -2.19. The van der Waals surface area contributed by atoms with Crippen molar-refractivity contribution in [2.45, 2.75) is 12.7 Å². The molecule has 0 aliphatic rings. The van der Waals surface area contributed by atoms with E-state index in [2.05, 4.69) is 174 Å². The minimum atomic E-state index is -0.361. The minimum Gasteiger partial charge on any atom is -0.383 e. The lowest BCUT2D eigenvalue weighted by molar-refractivity contribution is 0.554. The zero-order valence-electron chi connectivity index (χ0n) is 30.8. The first-order chi connectivity index (χ1) is 27.7. The van der Waals surface area contributed by atoms with E-state index in [1.807, 2.05) is 47.7 Å². The molecule has 1 aromatic heterocycles. The van der Waals surface area contributed by atoms with Gasteiger partial charge in [0.2, 0.25) is 0 Å². The highest BCUT2D eigenvalue weighted by molar-refractivity contribution is 7.26. The van der Waals surface area contributed by atoms with Crippen LogP contribution in [-0.2, 0) is 6.54 Å². The third-order valence-corrected chi connectivity index (χ3v) is 11.4. The third-order valence-electron chi connectivity index (χ3n) is 10.2. The number of fused-ring (bicyclic) bond motifs is 3. The average molecular weight is 741 g/mol. The summed E-state index contributed by atoms with van der Waals surface area (Å²) in [5, 5.41) is 10.0. The Morgan fingerprint density at radius 3 is 1.98 bits per heavy atom. The number of hydrogen-bond donors (Lipinski definition) is 3. The molecular weight excluding hydrogens is 701 g/mol. The molecule has 270 valence electrons. The van der Waals surface area contributed by atoms with Crippen molar-refractivity contribution in [3.63, 3.8) is 0 Å². The Kier molecular flexibility index (Phi) is 9.92. The van der Waals surface area contributed by atoms with Gasteiger partial charge in [0.15, 0.2) is 0 Å². The van der Waals surface area contributed by atoms with Crippen LogP contribution in [0.25, 0.3) is 53.6 Å². The summed E-state index contributed by atoms with van der Waals surface area (Å²) in [4.78, 5) is 5.02. The fourth-order valence-electron chi connectivity index (χ4n) is 7.32. The van der Waals surface area contributed by atoms with E-state index in [-0.39, 0.29) is 6.17 Å². The summed E-state index contributed by atoms with van der Waals surface area (Å²) in [6.45, 7) is 0.624. The highest BCUT2D eigenvalue weighted by atomic mass is 32.1. The lowest BCUT2D eigenvalue weighted by atomic mass is 9.96. The number of amidine groups is 1. The first-order valence-electron chi connectivity index (χ1n) is 18.9. The van der Waals surface area contributed by atoms with Gasteiger partial charge in [-0.3, -0.25) is 5.32 Å². The number of hydrogen-bond acceptors (Lipinski definition) is 4. The first kappa shape index (κ1) is 34.9. The molecule has 0 amide bonds. The number of nitrogens with two attached hydrogens (primary N) is 1. The van der Waals surface area contributed by atoms with Crippen molar-refractivity contribution in [1.82, 2.24) is 5.32 Å². The Morgan fingerprint density at radius 2 is 1.20 bits per heavy atom. The largest absolute Gasteiger partial charge is 0.383 e. The van der Waals surface area contributed by atoms with Gasteiger partial charge in [-0.25, -0.2) is 4.99 Å². The Morgan fingerprint density at radius 1 is 0.536 bits per heavy atom. The molecule has 5 heteroatoms. The van der Waals surface area contributed by atoms with Crippen LogP contribution >= 0.6 is 11.3 Å². The third kappa shape index (κ3) is 7.46. The van der Waals surface area contributed by atoms with Crippen molar-refractivity contribution >= 4 is 48.7 Å². The van der Waals surface area contributed by atoms with Crippen molar-refractivity contribution < 1.29 is 0 Å². The van der Waals surface area contributed by atoms with E-state index in [0.717, 1.165) is 33.6 Å². The van der Waals surface area contributed by atoms with E-state index in [4.69, 9.17) is 10.7 Å². The van der Waals surface area contributed by atoms with E-state index in [1.54, 1.807) is 0 Å². The van der Waals surface area contributed by atoms with E-state index in [1.165, 1.54) is 48.0 Å². The molecule has 9 rings (SSSR count). The van der Waals surface area contributed by atoms with Crippen LogP contribution in [0.2, 0.25) is 0 Å². The van der Waals surface area contributed by atoms with Crippen LogP contribution in [-0.4, -0.2) is 5.84 Å². The molecular formula is C51H40N4S. The molecule has 0 radical (unpaired) electrons. The van der Waals surface area contributed by atoms with Crippen molar-refractivity contribution in [2.24, 2.45) is 10.7 Å². The second-order valence-electron chi connectivity index (χ2n) is 13.9. The molecule has 4 N–H and O–H groups in total. The topological polar surface area (TPSA) is 62.4 Å². The number of thiophene rings is 1. The highest BCUT2D eigenvalue weighted by Crippen LogP contribution is 2.42. The Hall–Kier alpha value is -6.79. The number of nitrogens with zero attached hydrogens (tertiary/aromatic N) is 1. The van der Waals surface area contributed by atoms with E-state index in [0.29, 0.717) is 12.4 Å². The van der Waals surface area contributed by atoms with Crippen LogP contribution < -0.4 is 16.4 Å². The summed E-state index contributed by atoms with van der Waals surface area (Å²) in [5.41, 5.74) is 18.8. The van der Waals surface area contributed by atoms with Crippen LogP contribution in [0.1, 0.15) is 22.9 Å². The number of nitrogens with one attached hydrogen (secondary N) is 2. The van der Waals surface area contributed by atoms with Gasteiger partial charge in [-0.1, -0.05) is 164 Å². The fourth-order valence-corrected chi connectivity index (χ4v) is 8.56. The summed E-state index contributed by atoms with van der Waals surface area (Å²) < 4.78 is 2.62. The Bertz CT molecular complexity index is 2780. The quantitative estimate of drug-likeness (QED) is 0.0914. The Balaban J connectivity index is 1.02. The standard InChI is InChI=1S/C51H40N4S/c52-50(38-19-8-3-9-20-38)55-51(53-34-35-14-12-21-40(32-35)36-15-4-1-5-16-36)39-26-29-42(30-27-39)54-47-31-28-41(33-46(47)37-17-6-2-7-18-37)43-23-13-24-45-44-22-10-11-25-48(44)56-49(43)45/h1-33,51,53-54H,34H2,(H2,52,55). The molecule has 0 saturated heterocycles. The molecule has 1 heterocycles. The first-order valence-corrected chi connectivity index (χ1v) is 19.7. The summed E-state index contributed by atoms with van der Waals surface area (Å²) in [6, 6.07) is 70.2. The van der Waals surface area contributed by atoms with Gasteiger partial charge in [-0.2, -0.15) is 0 Å². The van der Waals surface area contributed by atoms with Gasteiger partial charge in [0.05, 0.1) is 0 Å². The molecule has 9 aromatic rings. The average Bonchev–Trinajstić information content (AvgIpc) is 3.66. The van der Waals surface area contributed by atoms with Crippen LogP contribution in [0.3, 0.4) is 0 Å². The molecule has 8 aromatic carbocycles.